The van der Waals surface area contributed by atoms with Gasteiger partial charge in [-0.25, -0.2) is 0 Å². The van der Waals surface area contributed by atoms with Crippen LogP contribution in [0.25, 0.3) is 0 Å². The number of halogens is 1. The van der Waals surface area contributed by atoms with E-state index < -0.39 is 0 Å². The molecule has 0 unspecified atom stereocenters. The van der Waals surface area contributed by atoms with Crippen molar-refractivity contribution in [2.24, 2.45) is 5.92 Å². The van der Waals surface area contributed by atoms with Crippen LogP contribution in [0.5, 0.6) is 0 Å². The zero-order valence-electron chi connectivity index (χ0n) is 13.0. The molecule has 3 N–H and O–H groups in total. The molecule has 0 saturated heterocycles. The van der Waals surface area contributed by atoms with E-state index in [1.54, 1.807) is 6.07 Å². The second-order valence-electron chi connectivity index (χ2n) is 6.05. The van der Waals surface area contributed by atoms with Gasteiger partial charge in [-0.2, -0.15) is 0 Å². The maximum atomic E-state index is 12.3. The Kier molecular flexibility index (Phi) is 7.03. The molecule has 3 nitrogen and oxygen atoms in total. The molecule has 4 heteroatoms. The molecule has 0 aliphatic heterocycles. The van der Waals surface area contributed by atoms with E-state index in [0.717, 1.165) is 24.3 Å². The van der Waals surface area contributed by atoms with E-state index in [4.69, 9.17) is 5.73 Å². The molecule has 0 atom stereocenters. The van der Waals surface area contributed by atoms with Crippen LogP contribution in [0.4, 0.5) is 5.69 Å². The second kappa shape index (κ2) is 8.28. The van der Waals surface area contributed by atoms with E-state index in [1.165, 1.54) is 25.7 Å². The van der Waals surface area contributed by atoms with E-state index in [2.05, 4.69) is 12.2 Å². The summed E-state index contributed by atoms with van der Waals surface area (Å²) in [4.78, 5) is 12.3. The van der Waals surface area contributed by atoms with E-state index in [1.807, 2.05) is 19.1 Å². The Labute approximate surface area is 134 Å². The van der Waals surface area contributed by atoms with Crippen molar-refractivity contribution in [3.05, 3.63) is 29.3 Å². The number of hydrogen-bond acceptors (Lipinski definition) is 2. The Morgan fingerprint density at radius 3 is 2.57 bits per heavy atom. The third-order valence-electron chi connectivity index (χ3n) is 4.39. The summed E-state index contributed by atoms with van der Waals surface area (Å²) in [6.07, 6.45) is 7.30. The van der Waals surface area contributed by atoms with Crippen LogP contribution >= 0.6 is 12.4 Å². The average molecular weight is 311 g/mol. The number of anilines is 1. The molecule has 2 rings (SSSR count). The summed E-state index contributed by atoms with van der Waals surface area (Å²) in [7, 11) is 0. The Morgan fingerprint density at radius 1 is 1.29 bits per heavy atom. The van der Waals surface area contributed by atoms with Crippen LogP contribution in [0.2, 0.25) is 0 Å². The number of nitrogens with one attached hydrogen (secondary N) is 1. The van der Waals surface area contributed by atoms with Crippen molar-refractivity contribution in [2.45, 2.75) is 58.4 Å². The fraction of sp³-hybridized carbons (Fsp3) is 0.588. The van der Waals surface area contributed by atoms with Crippen LogP contribution in [0, 0.1) is 12.8 Å². The number of carbonyl (C=O) groups excluding carboxylic acids is 1. The molecule has 1 aliphatic rings. The summed E-state index contributed by atoms with van der Waals surface area (Å²) in [6, 6.07) is 5.84. The van der Waals surface area contributed by atoms with E-state index >= 15 is 0 Å². The van der Waals surface area contributed by atoms with Gasteiger partial charge in [0.05, 0.1) is 0 Å². The standard InChI is InChI=1S/C17H26N2O.ClH/c1-3-4-13-6-9-15(10-7-13)19-17(20)16-11-14(18)8-5-12(16)2;/h5,8,11,13,15H,3-4,6-7,9-10,18H2,1-2H3,(H,19,20);1H. The second-order valence-corrected chi connectivity index (χ2v) is 6.05. The highest BCUT2D eigenvalue weighted by Crippen LogP contribution is 2.28. The van der Waals surface area contributed by atoms with Crippen molar-refractivity contribution in [1.29, 1.82) is 0 Å². The maximum Gasteiger partial charge on any atom is 0.251 e. The molecular formula is C17H27ClN2O. The van der Waals surface area contributed by atoms with Crippen LogP contribution in [0.1, 0.15) is 61.4 Å². The highest BCUT2D eigenvalue weighted by Gasteiger charge is 2.22. The van der Waals surface area contributed by atoms with Crippen molar-refractivity contribution in [1.82, 2.24) is 5.32 Å². The summed E-state index contributed by atoms with van der Waals surface area (Å²) in [5.41, 5.74) is 8.11. The summed E-state index contributed by atoms with van der Waals surface area (Å²) in [5.74, 6) is 0.885. The quantitative estimate of drug-likeness (QED) is 0.823. The molecule has 1 aliphatic carbocycles. The van der Waals surface area contributed by atoms with Gasteiger partial charge in [0.25, 0.3) is 5.91 Å². The molecule has 118 valence electrons. The van der Waals surface area contributed by atoms with Crippen LogP contribution in [0.15, 0.2) is 18.2 Å². The lowest BCUT2D eigenvalue weighted by Crippen LogP contribution is -2.37. The van der Waals surface area contributed by atoms with E-state index in [0.29, 0.717) is 17.3 Å². The van der Waals surface area contributed by atoms with Gasteiger partial charge in [-0.3, -0.25) is 4.79 Å². The zero-order valence-corrected chi connectivity index (χ0v) is 13.8. The maximum absolute atomic E-state index is 12.3. The van der Waals surface area contributed by atoms with Gasteiger partial charge in [0.1, 0.15) is 0 Å². The predicted octanol–water partition coefficient (Wildman–Crippen LogP) is 4.09. The highest BCUT2D eigenvalue weighted by atomic mass is 35.5. The zero-order chi connectivity index (χ0) is 14.5. The SMILES string of the molecule is CCCC1CCC(NC(=O)c2cc(N)ccc2C)CC1.Cl. The third-order valence-corrected chi connectivity index (χ3v) is 4.39. The van der Waals surface area contributed by atoms with Crippen LogP contribution < -0.4 is 11.1 Å². The van der Waals surface area contributed by atoms with Gasteiger partial charge in [-0.15, -0.1) is 12.4 Å². The molecule has 1 aromatic carbocycles. The van der Waals surface area contributed by atoms with E-state index in [9.17, 15) is 4.79 Å². The van der Waals surface area contributed by atoms with E-state index in [-0.39, 0.29) is 18.3 Å². The number of amides is 1. The summed E-state index contributed by atoms with van der Waals surface area (Å²) in [5, 5.41) is 3.17. The molecule has 0 bridgehead atoms. The topological polar surface area (TPSA) is 55.1 Å². The third kappa shape index (κ3) is 4.92. The fourth-order valence-corrected chi connectivity index (χ4v) is 3.15. The number of hydrogen-bond donors (Lipinski definition) is 2. The number of aryl methyl sites for hydroxylation is 1. The molecule has 0 spiro atoms. The van der Waals surface area contributed by atoms with Gasteiger partial charge in [-0.05, 0) is 56.2 Å². The van der Waals surface area contributed by atoms with Crippen molar-refractivity contribution in [2.75, 3.05) is 5.73 Å². The molecule has 21 heavy (non-hydrogen) atoms. The lowest BCUT2D eigenvalue weighted by Gasteiger charge is -2.29. The van der Waals surface area contributed by atoms with Gasteiger partial charge < -0.3 is 11.1 Å². The molecule has 0 heterocycles. The Balaban J connectivity index is 0.00000220. The number of nitrogens with two attached hydrogens (primary N) is 1. The minimum atomic E-state index is 0. The summed E-state index contributed by atoms with van der Waals surface area (Å²) >= 11 is 0. The van der Waals surface area contributed by atoms with Gasteiger partial charge >= 0.3 is 0 Å². The monoisotopic (exact) mass is 310 g/mol. The summed E-state index contributed by atoms with van der Waals surface area (Å²) in [6.45, 7) is 4.20. The van der Waals surface area contributed by atoms with Gasteiger partial charge in [0.15, 0.2) is 0 Å². The highest BCUT2D eigenvalue weighted by molar-refractivity contribution is 5.96. The number of benzene rings is 1. The normalized spacial score (nSPS) is 21.4. The molecule has 1 saturated carbocycles. The Hall–Kier alpha value is -1.22. The van der Waals surface area contributed by atoms with Crippen molar-refractivity contribution < 1.29 is 4.79 Å². The lowest BCUT2D eigenvalue weighted by atomic mass is 9.83. The van der Waals surface area contributed by atoms with Crippen molar-refractivity contribution >= 4 is 24.0 Å². The van der Waals surface area contributed by atoms with Crippen LogP contribution in [0.3, 0.4) is 0 Å². The first-order valence-electron chi connectivity index (χ1n) is 7.77. The first kappa shape index (κ1) is 17.8. The van der Waals surface area contributed by atoms with Crippen LogP contribution in [-0.4, -0.2) is 11.9 Å². The molecule has 0 radical (unpaired) electrons. The minimum Gasteiger partial charge on any atom is -0.399 e. The van der Waals surface area contributed by atoms with Gasteiger partial charge in [0, 0.05) is 17.3 Å². The summed E-state index contributed by atoms with van der Waals surface area (Å²) < 4.78 is 0. The fourth-order valence-electron chi connectivity index (χ4n) is 3.15. The molecular weight excluding hydrogens is 284 g/mol. The van der Waals surface area contributed by atoms with Crippen molar-refractivity contribution in [3.8, 4) is 0 Å². The smallest absolute Gasteiger partial charge is 0.251 e. The average Bonchev–Trinajstić information content (AvgIpc) is 2.44. The first-order chi connectivity index (χ1) is 9.60. The number of nitrogen functional groups attached to an aromatic ring is 1. The minimum absolute atomic E-state index is 0. The number of rotatable bonds is 4. The molecule has 0 aromatic heterocycles. The predicted molar refractivity (Wildman–Crippen MR) is 91.0 cm³/mol. The van der Waals surface area contributed by atoms with Gasteiger partial charge in [-0.1, -0.05) is 25.8 Å². The molecule has 1 aromatic rings. The molecule has 1 amide bonds. The lowest BCUT2D eigenvalue weighted by molar-refractivity contribution is 0.0920. The molecule has 1 fully saturated rings. The largest absolute Gasteiger partial charge is 0.399 e. The first-order valence-corrected chi connectivity index (χ1v) is 7.77. The van der Waals surface area contributed by atoms with Crippen LogP contribution in [-0.2, 0) is 0 Å². The Bertz CT molecular complexity index is 468. The van der Waals surface area contributed by atoms with Gasteiger partial charge in [0.2, 0.25) is 0 Å². The number of carbonyl (C=O) groups is 1. The van der Waals surface area contributed by atoms with Crippen molar-refractivity contribution in [3.63, 3.8) is 0 Å². The Morgan fingerprint density at radius 2 is 1.95 bits per heavy atom.